The summed E-state index contributed by atoms with van der Waals surface area (Å²) in [5.41, 5.74) is 0.676. The minimum atomic E-state index is -1.90. The molecular weight excluding hydrogens is 233 g/mol. The van der Waals surface area contributed by atoms with Crippen molar-refractivity contribution >= 4 is 30.2 Å². The van der Waals surface area contributed by atoms with Gasteiger partial charge >= 0.3 is 0 Å². The van der Waals surface area contributed by atoms with Gasteiger partial charge in [-0.15, -0.1) is 0 Å². The van der Waals surface area contributed by atoms with Crippen LogP contribution >= 0.6 is 0 Å². The Hall–Kier alpha value is -1.42. The second-order valence-electron chi connectivity index (χ2n) is 5.28. The SMILES string of the molecule is CC(=O)n1c([Si](C)(C)C)c(F)c2ccccc21. The molecule has 2 rings (SSSR count). The van der Waals surface area contributed by atoms with Gasteiger partial charge in [0.05, 0.1) is 5.52 Å². The second kappa shape index (κ2) is 3.80. The Bertz CT molecular complexity index is 595. The number of hydrogen-bond acceptors (Lipinski definition) is 1. The Balaban J connectivity index is 2.96. The lowest BCUT2D eigenvalue weighted by atomic mass is 10.2. The van der Waals surface area contributed by atoms with E-state index in [2.05, 4.69) is 0 Å². The molecular formula is C13H16FNOSi. The number of aromatic nitrogens is 1. The molecule has 1 aromatic heterocycles. The molecule has 0 aliphatic rings. The van der Waals surface area contributed by atoms with Gasteiger partial charge in [-0.25, -0.2) is 4.39 Å². The minimum absolute atomic E-state index is 0.123. The molecule has 0 saturated carbocycles. The van der Waals surface area contributed by atoms with Gasteiger partial charge in [-0.1, -0.05) is 31.8 Å². The first kappa shape index (κ1) is 12.0. The van der Waals surface area contributed by atoms with Gasteiger partial charge < -0.3 is 0 Å². The van der Waals surface area contributed by atoms with Crippen molar-refractivity contribution < 1.29 is 9.18 Å². The van der Waals surface area contributed by atoms with Crippen LogP contribution in [0.1, 0.15) is 11.7 Å². The summed E-state index contributed by atoms with van der Waals surface area (Å²) < 4.78 is 15.9. The molecule has 0 fully saturated rings. The monoisotopic (exact) mass is 249 g/mol. The van der Waals surface area contributed by atoms with E-state index >= 15 is 0 Å². The van der Waals surface area contributed by atoms with Crippen molar-refractivity contribution in [3.8, 4) is 0 Å². The third-order valence-corrected chi connectivity index (χ3v) is 4.70. The number of rotatable bonds is 1. The van der Waals surface area contributed by atoms with Crippen molar-refractivity contribution in [3.05, 3.63) is 30.1 Å². The van der Waals surface area contributed by atoms with Gasteiger partial charge in [0.2, 0.25) is 5.91 Å². The molecule has 0 aliphatic heterocycles. The van der Waals surface area contributed by atoms with Gasteiger partial charge in [-0.2, -0.15) is 0 Å². The highest BCUT2D eigenvalue weighted by Gasteiger charge is 2.29. The lowest BCUT2D eigenvalue weighted by Crippen LogP contribution is -2.46. The maximum atomic E-state index is 14.4. The van der Waals surface area contributed by atoms with Crippen LogP contribution in [0.2, 0.25) is 19.6 Å². The van der Waals surface area contributed by atoms with Gasteiger partial charge in [0.1, 0.15) is 13.9 Å². The number of nitrogens with zero attached hydrogens (tertiary/aromatic N) is 1. The van der Waals surface area contributed by atoms with Gasteiger partial charge in [0.15, 0.2) is 0 Å². The Morgan fingerprint density at radius 3 is 2.35 bits per heavy atom. The van der Waals surface area contributed by atoms with Crippen molar-refractivity contribution in [1.82, 2.24) is 4.57 Å². The number of carbonyl (C=O) groups is 1. The summed E-state index contributed by atoms with van der Waals surface area (Å²) in [5, 5.41) is 1.13. The summed E-state index contributed by atoms with van der Waals surface area (Å²) in [6, 6.07) is 7.15. The third kappa shape index (κ3) is 1.82. The van der Waals surface area contributed by atoms with Gasteiger partial charge in [-0.3, -0.25) is 9.36 Å². The smallest absolute Gasteiger partial charge is 0.227 e. The molecule has 0 radical (unpaired) electrons. The van der Waals surface area contributed by atoms with Crippen molar-refractivity contribution in [2.45, 2.75) is 26.6 Å². The van der Waals surface area contributed by atoms with E-state index in [1.165, 1.54) is 11.5 Å². The quantitative estimate of drug-likeness (QED) is 0.712. The first-order chi connectivity index (χ1) is 7.84. The molecule has 0 spiro atoms. The minimum Gasteiger partial charge on any atom is -0.286 e. The number of halogens is 1. The summed E-state index contributed by atoms with van der Waals surface area (Å²) in [7, 11) is -1.90. The molecule has 0 aliphatic carbocycles. The van der Waals surface area contributed by atoms with E-state index in [0.717, 1.165) is 0 Å². The fraction of sp³-hybridized carbons (Fsp3) is 0.308. The molecule has 1 aromatic carbocycles. The topological polar surface area (TPSA) is 22.0 Å². The van der Waals surface area contributed by atoms with Gasteiger partial charge in [0, 0.05) is 17.6 Å². The summed E-state index contributed by atoms with van der Waals surface area (Å²) in [6.45, 7) is 7.62. The standard InChI is InChI=1S/C13H16FNOSi/c1-9(16)15-11-8-6-5-7-10(11)12(14)13(15)17(2,3)4/h5-8H,1-4H3. The number of benzene rings is 1. The van der Waals surface area contributed by atoms with Gasteiger partial charge in [-0.05, 0) is 12.1 Å². The summed E-state index contributed by atoms with van der Waals surface area (Å²) in [5.74, 6) is -0.350. The number of carbonyl (C=O) groups excluding carboxylic acids is 1. The van der Waals surface area contributed by atoms with E-state index in [1.807, 2.05) is 25.7 Å². The predicted octanol–water partition coefficient (Wildman–Crippen LogP) is 2.99. The van der Waals surface area contributed by atoms with E-state index in [4.69, 9.17) is 0 Å². The first-order valence-electron chi connectivity index (χ1n) is 5.64. The lowest BCUT2D eigenvalue weighted by Gasteiger charge is -2.18. The molecule has 90 valence electrons. The molecule has 0 bridgehead atoms. The van der Waals surface area contributed by atoms with Crippen LogP contribution in [0.3, 0.4) is 0 Å². The highest BCUT2D eigenvalue weighted by atomic mass is 28.3. The third-order valence-electron chi connectivity index (χ3n) is 2.84. The fourth-order valence-electron chi connectivity index (χ4n) is 2.19. The molecule has 0 amide bonds. The molecule has 0 saturated heterocycles. The number of fused-ring (bicyclic) bond motifs is 1. The Kier molecular flexibility index (Phi) is 2.70. The van der Waals surface area contributed by atoms with E-state index in [0.29, 0.717) is 16.2 Å². The maximum Gasteiger partial charge on any atom is 0.227 e. The maximum absolute atomic E-state index is 14.4. The average molecular weight is 249 g/mol. The van der Waals surface area contributed by atoms with Crippen LogP contribution in [0.15, 0.2) is 24.3 Å². The van der Waals surface area contributed by atoms with Crippen LogP contribution in [0.4, 0.5) is 4.39 Å². The summed E-state index contributed by atoms with van der Waals surface area (Å²) in [4.78, 5) is 11.8. The molecule has 0 atom stereocenters. The van der Waals surface area contributed by atoms with Crippen LogP contribution in [-0.4, -0.2) is 18.5 Å². The zero-order chi connectivity index (χ0) is 12.8. The van der Waals surface area contributed by atoms with E-state index < -0.39 is 8.07 Å². The van der Waals surface area contributed by atoms with Crippen LogP contribution in [-0.2, 0) is 0 Å². The molecule has 2 aromatic rings. The van der Waals surface area contributed by atoms with Crippen LogP contribution in [0, 0.1) is 5.82 Å². The molecule has 4 heteroatoms. The highest BCUT2D eigenvalue weighted by Crippen LogP contribution is 2.21. The van der Waals surface area contributed by atoms with Crippen molar-refractivity contribution in [2.24, 2.45) is 0 Å². The van der Waals surface area contributed by atoms with E-state index in [1.54, 1.807) is 18.2 Å². The molecule has 2 nitrogen and oxygen atoms in total. The Morgan fingerprint density at radius 2 is 1.82 bits per heavy atom. The normalized spacial score (nSPS) is 12.1. The number of hydrogen-bond donors (Lipinski definition) is 0. The van der Waals surface area contributed by atoms with Crippen LogP contribution < -0.4 is 5.32 Å². The Labute approximate surface area is 101 Å². The van der Waals surface area contributed by atoms with Gasteiger partial charge in [0.25, 0.3) is 0 Å². The van der Waals surface area contributed by atoms with Crippen molar-refractivity contribution in [3.63, 3.8) is 0 Å². The molecule has 0 unspecified atom stereocenters. The molecule has 17 heavy (non-hydrogen) atoms. The second-order valence-corrected chi connectivity index (χ2v) is 10.3. The predicted molar refractivity (Wildman–Crippen MR) is 71.2 cm³/mol. The highest BCUT2D eigenvalue weighted by molar-refractivity contribution is 6.88. The summed E-state index contributed by atoms with van der Waals surface area (Å²) >= 11 is 0. The zero-order valence-corrected chi connectivity index (χ0v) is 11.5. The molecule has 0 N–H and O–H groups in total. The number of para-hydroxylation sites is 1. The zero-order valence-electron chi connectivity index (χ0n) is 10.5. The molecule has 1 heterocycles. The fourth-order valence-corrected chi connectivity index (χ4v) is 3.93. The summed E-state index contributed by atoms with van der Waals surface area (Å²) in [6.07, 6.45) is 0. The van der Waals surface area contributed by atoms with E-state index in [9.17, 15) is 9.18 Å². The lowest BCUT2D eigenvalue weighted by molar-refractivity contribution is 0.0944. The first-order valence-corrected chi connectivity index (χ1v) is 9.14. The van der Waals surface area contributed by atoms with Crippen molar-refractivity contribution in [2.75, 3.05) is 0 Å². The van der Waals surface area contributed by atoms with Crippen LogP contribution in [0.5, 0.6) is 0 Å². The van der Waals surface area contributed by atoms with E-state index in [-0.39, 0.29) is 11.7 Å². The Morgan fingerprint density at radius 1 is 1.24 bits per heavy atom. The van der Waals surface area contributed by atoms with Crippen molar-refractivity contribution in [1.29, 1.82) is 0 Å². The van der Waals surface area contributed by atoms with Crippen LogP contribution in [0.25, 0.3) is 10.9 Å². The largest absolute Gasteiger partial charge is 0.286 e. The average Bonchev–Trinajstić information content (AvgIpc) is 2.52.